The lowest BCUT2D eigenvalue weighted by Crippen LogP contribution is -2.51. The van der Waals surface area contributed by atoms with Crippen LogP contribution < -0.4 is 10.6 Å². The average Bonchev–Trinajstić information content (AvgIpc) is 2.65. The van der Waals surface area contributed by atoms with Crippen molar-refractivity contribution in [2.24, 2.45) is 0 Å². The van der Waals surface area contributed by atoms with Gasteiger partial charge in [-0.25, -0.2) is 4.79 Å². The van der Waals surface area contributed by atoms with Crippen LogP contribution in [0.4, 0.5) is 19.0 Å². The maximum atomic E-state index is 13.4. The van der Waals surface area contributed by atoms with Crippen molar-refractivity contribution in [3.8, 4) is 5.69 Å². The molecule has 0 aliphatic carbocycles. The zero-order valence-electron chi connectivity index (χ0n) is 16.0. The topological polar surface area (TPSA) is 47.4 Å². The fraction of sp³-hybridized carbons (Fsp3) is 0.333. The summed E-state index contributed by atoms with van der Waals surface area (Å²) in [6, 6.07) is 10.6. The van der Waals surface area contributed by atoms with Gasteiger partial charge in [0.25, 0.3) is 0 Å². The van der Waals surface area contributed by atoms with E-state index in [9.17, 15) is 18.0 Å². The number of ether oxygens (including phenoxy) is 1. The van der Waals surface area contributed by atoms with E-state index in [-0.39, 0.29) is 11.6 Å². The molecule has 0 saturated carbocycles. The predicted octanol–water partition coefficient (Wildman–Crippen LogP) is 3.94. The first-order valence-electron chi connectivity index (χ1n) is 9.27. The molecule has 3 aromatic rings. The van der Waals surface area contributed by atoms with Crippen molar-refractivity contribution < 1.29 is 17.9 Å². The summed E-state index contributed by atoms with van der Waals surface area (Å²) in [6.45, 7) is 2.94. The van der Waals surface area contributed by atoms with Crippen LogP contribution >= 0.6 is 0 Å². The van der Waals surface area contributed by atoms with E-state index in [2.05, 4.69) is 4.98 Å². The van der Waals surface area contributed by atoms with Gasteiger partial charge in [0, 0.05) is 19.0 Å². The lowest BCUT2D eigenvalue weighted by atomic mass is 10.0. The number of fused-ring (bicyclic) bond motifs is 1. The van der Waals surface area contributed by atoms with E-state index in [1.165, 1.54) is 10.6 Å². The molecular formula is C21H20F3N3O2. The van der Waals surface area contributed by atoms with Gasteiger partial charge in [0.05, 0.1) is 29.4 Å². The largest absolute Gasteiger partial charge is 0.416 e. The molecule has 1 aliphatic heterocycles. The number of benzene rings is 2. The smallest absolute Gasteiger partial charge is 0.383 e. The Bertz CT molecular complexity index is 1120. The number of halogens is 3. The number of methoxy groups -OCH3 is 1. The maximum Gasteiger partial charge on any atom is 0.416 e. The molecule has 0 spiro atoms. The fourth-order valence-corrected chi connectivity index (χ4v) is 3.74. The molecule has 1 aliphatic rings. The Morgan fingerprint density at radius 3 is 2.59 bits per heavy atom. The minimum Gasteiger partial charge on any atom is -0.383 e. The second-order valence-corrected chi connectivity index (χ2v) is 7.16. The number of alkyl halides is 3. The number of hydrogen-bond donors (Lipinski definition) is 0. The number of aryl methyl sites for hydroxylation is 1. The quantitative estimate of drug-likeness (QED) is 0.662. The van der Waals surface area contributed by atoms with Gasteiger partial charge in [-0.2, -0.15) is 18.2 Å². The molecule has 1 saturated heterocycles. The summed E-state index contributed by atoms with van der Waals surface area (Å²) in [6.07, 6.45) is -3.64. The highest BCUT2D eigenvalue weighted by Crippen LogP contribution is 2.36. The highest BCUT2D eigenvalue weighted by molar-refractivity contribution is 5.92. The number of anilines is 1. The third-order valence-corrected chi connectivity index (χ3v) is 5.33. The first-order valence-corrected chi connectivity index (χ1v) is 9.27. The van der Waals surface area contributed by atoms with Crippen LogP contribution in [0.1, 0.15) is 17.5 Å². The molecule has 2 heterocycles. The van der Waals surface area contributed by atoms with E-state index >= 15 is 0 Å². The SMILES string of the molecule is COCC1CCN1c1nc(=O)n(-c2ccccc2C)c2cc(C(F)(F)F)ccc12. The van der Waals surface area contributed by atoms with Crippen LogP contribution in [0.3, 0.4) is 0 Å². The summed E-state index contributed by atoms with van der Waals surface area (Å²) in [4.78, 5) is 19.2. The van der Waals surface area contributed by atoms with Crippen molar-refractivity contribution in [3.05, 3.63) is 64.1 Å². The van der Waals surface area contributed by atoms with Gasteiger partial charge in [-0.1, -0.05) is 18.2 Å². The standard InChI is InChI=1S/C21H20F3N3O2/c1-13-5-3-4-6-17(13)27-18-11-14(21(22,23)24)7-8-16(18)19(25-20(27)28)26-10-9-15(26)12-29-2/h3-8,11,15H,9-10,12H2,1-2H3. The third kappa shape index (κ3) is 3.37. The number of rotatable bonds is 4. The number of nitrogens with zero attached hydrogens (tertiary/aromatic N) is 3. The molecule has 0 amide bonds. The molecular weight excluding hydrogens is 383 g/mol. The Kier molecular flexibility index (Phi) is 4.82. The lowest BCUT2D eigenvalue weighted by molar-refractivity contribution is -0.137. The van der Waals surface area contributed by atoms with E-state index in [0.29, 0.717) is 30.0 Å². The van der Waals surface area contributed by atoms with Crippen LogP contribution in [-0.2, 0) is 10.9 Å². The van der Waals surface area contributed by atoms with Crippen LogP contribution in [0.25, 0.3) is 16.6 Å². The highest BCUT2D eigenvalue weighted by Gasteiger charge is 2.34. The summed E-state index contributed by atoms with van der Waals surface area (Å²) in [5, 5.41) is 0.502. The predicted molar refractivity (Wildman–Crippen MR) is 105 cm³/mol. The Morgan fingerprint density at radius 2 is 1.97 bits per heavy atom. The van der Waals surface area contributed by atoms with Crippen LogP contribution in [0.15, 0.2) is 47.3 Å². The van der Waals surface area contributed by atoms with Crippen LogP contribution in [-0.4, -0.2) is 35.9 Å². The van der Waals surface area contributed by atoms with Gasteiger partial charge in [0.2, 0.25) is 0 Å². The van der Waals surface area contributed by atoms with E-state index in [0.717, 1.165) is 24.1 Å². The first kappa shape index (κ1) is 19.4. The molecule has 1 aromatic heterocycles. The van der Waals surface area contributed by atoms with Crippen molar-refractivity contribution >= 4 is 16.7 Å². The normalized spacial score (nSPS) is 16.9. The van der Waals surface area contributed by atoms with Crippen LogP contribution in [0.5, 0.6) is 0 Å². The van der Waals surface area contributed by atoms with E-state index in [4.69, 9.17) is 4.74 Å². The maximum absolute atomic E-state index is 13.4. The minimum absolute atomic E-state index is 0.0479. The van der Waals surface area contributed by atoms with Crippen molar-refractivity contribution in [2.45, 2.75) is 25.6 Å². The zero-order valence-corrected chi connectivity index (χ0v) is 16.0. The molecule has 152 valence electrons. The number of aromatic nitrogens is 2. The van der Waals surface area contributed by atoms with Gasteiger partial charge in [-0.15, -0.1) is 0 Å². The van der Waals surface area contributed by atoms with Crippen molar-refractivity contribution in [1.82, 2.24) is 9.55 Å². The summed E-state index contributed by atoms with van der Waals surface area (Å²) in [5.41, 5.74) is 0.0549. The highest BCUT2D eigenvalue weighted by atomic mass is 19.4. The summed E-state index contributed by atoms with van der Waals surface area (Å²) >= 11 is 0. The van der Waals surface area contributed by atoms with Crippen molar-refractivity contribution in [1.29, 1.82) is 0 Å². The van der Waals surface area contributed by atoms with Crippen LogP contribution in [0.2, 0.25) is 0 Å². The molecule has 1 unspecified atom stereocenters. The molecule has 0 bridgehead atoms. The van der Waals surface area contributed by atoms with Gasteiger partial charge in [0.15, 0.2) is 0 Å². The molecule has 4 rings (SSSR count). The monoisotopic (exact) mass is 403 g/mol. The van der Waals surface area contributed by atoms with E-state index in [1.54, 1.807) is 32.2 Å². The molecule has 1 atom stereocenters. The minimum atomic E-state index is -4.51. The molecule has 5 nitrogen and oxygen atoms in total. The van der Waals surface area contributed by atoms with E-state index < -0.39 is 17.4 Å². The fourth-order valence-electron chi connectivity index (χ4n) is 3.74. The zero-order chi connectivity index (χ0) is 20.8. The Hall–Kier alpha value is -2.87. The average molecular weight is 403 g/mol. The Balaban J connectivity index is 2.01. The Morgan fingerprint density at radius 1 is 1.21 bits per heavy atom. The van der Waals surface area contributed by atoms with Crippen molar-refractivity contribution in [2.75, 3.05) is 25.2 Å². The molecule has 8 heteroatoms. The lowest BCUT2D eigenvalue weighted by Gasteiger charge is -2.42. The molecule has 0 N–H and O–H groups in total. The third-order valence-electron chi connectivity index (χ3n) is 5.33. The summed E-state index contributed by atoms with van der Waals surface area (Å²) < 4.78 is 46.7. The van der Waals surface area contributed by atoms with Gasteiger partial charge >= 0.3 is 11.9 Å². The van der Waals surface area contributed by atoms with Crippen molar-refractivity contribution in [3.63, 3.8) is 0 Å². The number of para-hydroxylation sites is 1. The summed E-state index contributed by atoms with van der Waals surface area (Å²) in [7, 11) is 1.59. The van der Waals surface area contributed by atoms with Gasteiger partial charge in [-0.3, -0.25) is 4.57 Å². The molecule has 0 radical (unpaired) electrons. The second-order valence-electron chi connectivity index (χ2n) is 7.16. The molecule has 1 fully saturated rings. The van der Waals surface area contributed by atoms with Gasteiger partial charge in [-0.05, 0) is 43.2 Å². The first-order chi connectivity index (χ1) is 13.8. The van der Waals surface area contributed by atoms with Crippen LogP contribution in [0, 0.1) is 6.92 Å². The molecule has 2 aromatic carbocycles. The van der Waals surface area contributed by atoms with E-state index in [1.807, 2.05) is 11.0 Å². The Labute approximate surface area is 165 Å². The second kappa shape index (κ2) is 7.18. The van der Waals surface area contributed by atoms with Gasteiger partial charge in [0.1, 0.15) is 5.82 Å². The van der Waals surface area contributed by atoms with Gasteiger partial charge < -0.3 is 9.64 Å². The number of hydrogen-bond acceptors (Lipinski definition) is 4. The molecule has 29 heavy (non-hydrogen) atoms. The summed E-state index contributed by atoms with van der Waals surface area (Å²) in [5.74, 6) is 0.400.